The van der Waals surface area contributed by atoms with E-state index in [1.54, 1.807) is 6.92 Å². The molecule has 0 spiro atoms. The van der Waals surface area contributed by atoms with Crippen LogP contribution in [-0.2, 0) is 62.3 Å². The predicted octanol–water partition coefficient (Wildman–Crippen LogP) is -9.08. The quantitative estimate of drug-likeness (QED) is 0.0155. The molecule has 0 aromatic rings. The monoisotopic (exact) mass is 1090 g/mol. The van der Waals surface area contributed by atoms with Crippen LogP contribution < -0.4 is 82.7 Å². The van der Waals surface area contributed by atoms with Crippen molar-refractivity contribution in [1.29, 1.82) is 0 Å². The molecule has 0 rings (SSSR count). The number of aliphatic hydroxyl groups excluding tert-OH is 1. The summed E-state index contributed by atoms with van der Waals surface area (Å²) in [4.78, 5) is 175. The summed E-state index contributed by atoms with van der Waals surface area (Å²) < 4.78 is 0. The van der Waals surface area contributed by atoms with Crippen LogP contribution in [0.5, 0.6) is 0 Å². The van der Waals surface area contributed by atoms with Gasteiger partial charge in [0.25, 0.3) is 0 Å². The number of carboxylic acid groups (broad SMARTS) is 3. The van der Waals surface area contributed by atoms with Crippen molar-refractivity contribution >= 4 is 88.9 Å². The van der Waals surface area contributed by atoms with Crippen molar-refractivity contribution in [3.8, 4) is 0 Å². The van der Waals surface area contributed by atoms with Gasteiger partial charge in [-0.05, 0) is 51.4 Å². The molecule has 0 aromatic heterocycles. The van der Waals surface area contributed by atoms with Crippen LogP contribution in [0.25, 0.3) is 0 Å². The molecule has 26 N–H and O–H groups in total. The number of nitrogens with two attached hydrogens (primary N) is 7. The zero-order chi connectivity index (χ0) is 58.4. The number of carboxylic acids is 3. The zero-order valence-electron chi connectivity index (χ0n) is 42.2. The lowest BCUT2D eigenvalue weighted by Crippen LogP contribution is -2.61. The van der Waals surface area contributed by atoms with Gasteiger partial charge in [0.1, 0.15) is 54.4 Å². The number of nitrogens with one attached hydrogen (secondary N) is 8. The Bertz CT molecular complexity index is 2140. The normalized spacial score (nSPS) is 14.7. The maximum absolute atomic E-state index is 13.9. The summed E-state index contributed by atoms with van der Waals surface area (Å²) in [6.45, 7) is 3.25. The smallest absolute Gasteiger partial charge is 0.326 e. The van der Waals surface area contributed by atoms with Gasteiger partial charge in [0.2, 0.25) is 59.1 Å². The highest BCUT2D eigenvalue weighted by molar-refractivity contribution is 5.99. The Labute approximate surface area is 435 Å². The topological polar surface area (TPSA) is 606 Å². The van der Waals surface area contributed by atoms with E-state index in [2.05, 4.69) is 47.2 Å². The van der Waals surface area contributed by atoms with Gasteiger partial charge in [-0.25, -0.2) is 4.79 Å². The molecule has 428 valence electrons. The highest BCUT2D eigenvalue weighted by atomic mass is 16.4. The molecule has 0 saturated carbocycles. The number of carbonyl (C=O) groups excluding carboxylic acids is 10. The molecular formula is C42H73N17O17. The van der Waals surface area contributed by atoms with Gasteiger partial charge < -0.3 is 103 Å². The van der Waals surface area contributed by atoms with E-state index in [0.717, 1.165) is 6.92 Å². The number of hydrogen-bond donors (Lipinski definition) is 19. The summed E-state index contributed by atoms with van der Waals surface area (Å²) in [5.74, 6) is -17.1. The minimum absolute atomic E-state index is 0.0126. The van der Waals surface area contributed by atoms with Crippen LogP contribution in [0.2, 0.25) is 0 Å². The fourth-order valence-electron chi connectivity index (χ4n) is 6.49. The molecule has 0 fully saturated rings. The highest BCUT2D eigenvalue weighted by Gasteiger charge is 2.36. The number of aliphatic carboxylic acids is 3. The van der Waals surface area contributed by atoms with Gasteiger partial charge in [0, 0.05) is 25.9 Å². The summed E-state index contributed by atoms with van der Waals surface area (Å²) in [5, 5.41) is 55.8. The van der Waals surface area contributed by atoms with Crippen molar-refractivity contribution in [2.75, 3.05) is 19.7 Å². The number of primary amides is 2. The van der Waals surface area contributed by atoms with Crippen LogP contribution >= 0.6 is 0 Å². The second-order valence-electron chi connectivity index (χ2n) is 17.2. The third kappa shape index (κ3) is 27.6. The van der Waals surface area contributed by atoms with Gasteiger partial charge in [-0.3, -0.25) is 67.5 Å². The molecule has 0 radical (unpaired) electrons. The molecule has 0 heterocycles. The van der Waals surface area contributed by atoms with E-state index in [-0.39, 0.29) is 57.1 Å². The number of carbonyl (C=O) groups is 13. The van der Waals surface area contributed by atoms with Crippen LogP contribution in [-0.4, -0.2) is 183 Å². The van der Waals surface area contributed by atoms with Crippen LogP contribution in [0, 0.1) is 5.92 Å². The van der Waals surface area contributed by atoms with Crippen molar-refractivity contribution in [2.45, 2.75) is 146 Å². The van der Waals surface area contributed by atoms with E-state index in [4.69, 9.17) is 45.2 Å². The maximum atomic E-state index is 13.9. The number of nitrogens with zero attached hydrogens (tertiary/aromatic N) is 2. The summed E-state index contributed by atoms with van der Waals surface area (Å²) >= 11 is 0. The summed E-state index contributed by atoms with van der Waals surface area (Å²) in [6.07, 6.45) is -4.55. The minimum Gasteiger partial charge on any atom is -0.481 e. The first-order valence-electron chi connectivity index (χ1n) is 23.6. The number of aliphatic hydroxyl groups is 1. The van der Waals surface area contributed by atoms with E-state index >= 15 is 0 Å². The SMILES string of the molecule is CC[C@H](C)[C@H](NC(=O)[C@H](CC(N)=O)NC(=O)[C@H](CCC(=O)O)NC(=O)[C@H](CCCN=C(N)N)NC(=O)[C@H](C)NC(=O)[C@H](CC(=O)O)NC(=O)[C@@H](N)CO)C(=O)N[C@@H](CCC(N)=O)C(=O)N[C@@H](CCCN=C(N)N)C(=O)O. The molecule has 10 atom stereocenters. The fraction of sp³-hybridized carbons (Fsp3) is 0.643. The van der Waals surface area contributed by atoms with Crippen LogP contribution in [0.4, 0.5) is 0 Å². The molecule has 0 aliphatic rings. The fourth-order valence-corrected chi connectivity index (χ4v) is 6.49. The maximum Gasteiger partial charge on any atom is 0.326 e. The Morgan fingerprint density at radius 3 is 1.32 bits per heavy atom. The lowest BCUT2D eigenvalue weighted by molar-refractivity contribution is -0.143. The molecule has 0 aromatic carbocycles. The molecule has 0 aliphatic heterocycles. The first-order valence-corrected chi connectivity index (χ1v) is 23.6. The van der Waals surface area contributed by atoms with Crippen molar-refractivity contribution in [3.05, 3.63) is 0 Å². The van der Waals surface area contributed by atoms with E-state index in [9.17, 15) is 77.6 Å². The van der Waals surface area contributed by atoms with Crippen molar-refractivity contribution in [1.82, 2.24) is 42.5 Å². The third-order valence-corrected chi connectivity index (χ3v) is 10.9. The van der Waals surface area contributed by atoms with E-state index in [0.29, 0.717) is 0 Å². The second-order valence-corrected chi connectivity index (χ2v) is 17.2. The Morgan fingerprint density at radius 2 is 0.868 bits per heavy atom. The molecule has 0 unspecified atom stereocenters. The third-order valence-electron chi connectivity index (χ3n) is 10.9. The summed E-state index contributed by atoms with van der Waals surface area (Å²) in [7, 11) is 0. The highest BCUT2D eigenvalue weighted by Crippen LogP contribution is 2.12. The van der Waals surface area contributed by atoms with Gasteiger partial charge in [-0.15, -0.1) is 0 Å². The van der Waals surface area contributed by atoms with Crippen molar-refractivity contribution in [2.24, 2.45) is 56.0 Å². The number of guanidine groups is 2. The van der Waals surface area contributed by atoms with Gasteiger partial charge in [0.15, 0.2) is 11.9 Å². The minimum atomic E-state index is -1.94. The molecule has 10 amide bonds. The Balaban J connectivity index is 6.77. The molecule has 34 heteroatoms. The van der Waals surface area contributed by atoms with Gasteiger partial charge in [0.05, 0.1) is 19.4 Å². The lowest BCUT2D eigenvalue weighted by atomic mass is 9.96. The Morgan fingerprint density at radius 1 is 0.461 bits per heavy atom. The van der Waals surface area contributed by atoms with Crippen LogP contribution in [0.1, 0.15) is 91.4 Å². The average molecular weight is 1090 g/mol. The van der Waals surface area contributed by atoms with E-state index < -0.39 is 182 Å². The number of amides is 10. The lowest BCUT2D eigenvalue weighted by Gasteiger charge is -2.29. The van der Waals surface area contributed by atoms with Gasteiger partial charge >= 0.3 is 17.9 Å². The Hall–Kier alpha value is -8.43. The van der Waals surface area contributed by atoms with Gasteiger partial charge in [-0.1, -0.05) is 20.3 Å². The molecule has 0 saturated heterocycles. The number of aliphatic imine (C=N–C) groups is 2. The van der Waals surface area contributed by atoms with E-state index in [1.165, 1.54) is 6.92 Å². The van der Waals surface area contributed by atoms with Crippen molar-refractivity contribution in [3.63, 3.8) is 0 Å². The predicted molar refractivity (Wildman–Crippen MR) is 264 cm³/mol. The summed E-state index contributed by atoms with van der Waals surface area (Å²) in [6, 6.07) is -15.0. The average Bonchev–Trinajstić information content (AvgIpc) is 3.32. The number of hydrogen-bond acceptors (Lipinski definition) is 17. The van der Waals surface area contributed by atoms with Crippen LogP contribution in [0.3, 0.4) is 0 Å². The molecule has 0 bridgehead atoms. The Kier molecular flexibility index (Phi) is 31.0. The molecule has 76 heavy (non-hydrogen) atoms. The van der Waals surface area contributed by atoms with Crippen LogP contribution in [0.15, 0.2) is 9.98 Å². The summed E-state index contributed by atoms with van der Waals surface area (Å²) in [5.41, 5.74) is 37.5. The molecular weight excluding hydrogens is 1010 g/mol. The first kappa shape index (κ1) is 67.6. The van der Waals surface area contributed by atoms with Gasteiger partial charge in [-0.2, -0.15) is 0 Å². The standard InChI is InChI=1S/C42H73N17O17/c1-4-18(2)31(39(74)55-22(9-11-27(44)61)35(70)56-24(40(75)76)8-6-14-51-42(48)49)59-38(73)25(15-28(45)62)58-36(71)23(10-12-29(63)64)54-34(69)21(7-5-13-50-41(46)47)53-32(67)19(3)52-37(72)26(16-30(65)66)57-33(68)20(43)17-60/h18-26,31,60H,4-17,43H2,1-3H3,(H2,44,61)(H2,45,62)(H,52,72)(H,53,67)(H,54,69)(H,55,74)(H,56,70)(H,57,68)(H,58,71)(H,59,73)(H,63,64)(H,65,66)(H,75,76)(H4,46,47,50)(H4,48,49,51)/t18-,19-,20-,21-,22-,23-,24-,25-,26-,31-/m0/s1. The first-order chi connectivity index (χ1) is 35.4. The molecule has 0 aliphatic carbocycles. The zero-order valence-corrected chi connectivity index (χ0v) is 42.2. The largest absolute Gasteiger partial charge is 0.481 e. The number of rotatable bonds is 38. The second kappa shape index (κ2) is 34.9. The van der Waals surface area contributed by atoms with Crippen molar-refractivity contribution < 1.29 is 82.8 Å². The molecule has 34 nitrogen and oxygen atoms in total. The van der Waals surface area contributed by atoms with E-state index in [1.807, 2.05) is 5.32 Å².